The van der Waals surface area contributed by atoms with Crippen LogP contribution in [-0.4, -0.2) is 42.7 Å². The topological polar surface area (TPSA) is 28.6 Å². The molecule has 2 aliphatic heterocycles. The van der Waals surface area contributed by atoms with E-state index in [9.17, 15) is 0 Å². The van der Waals surface area contributed by atoms with Gasteiger partial charge in [-0.3, -0.25) is 4.90 Å². The minimum atomic E-state index is 0.595. The van der Waals surface area contributed by atoms with E-state index in [0.717, 1.165) is 37.1 Å². The van der Waals surface area contributed by atoms with Crippen LogP contribution in [0, 0.1) is 5.92 Å². The Morgan fingerprint density at radius 2 is 2.08 bits per heavy atom. The molecule has 2 aromatic rings. The summed E-state index contributed by atoms with van der Waals surface area (Å²) in [6, 6.07) is 13.0. The van der Waals surface area contributed by atoms with Gasteiger partial charge in [-0.05, 0) is 55.1 Å². The first kappa shape index (κ1) is 16.7. The second kappa shape index (κ2) is 7.22. The lowest BCUT2D eigenvalue weighted by molar-refractivity contribution is 0.200. The molecule has 0 radical (unpaired) electrons. The summed E-state index contributed by atoms with van der Waals surface area (Å²) >= 11 is 5.98. The molecule has 0 amide bonds. The molecule has 3 heterocycles. The highest BCUT2D eigenvalue weighted by Gasteiger charge is 2.38. The lowest BCUT2D eigenvalue weighted by Gasteiger charge is -2.39. The van der Waals surface area contributed by atoms with Crippen LogP contribution in [0.3, 0.4) is 0 Å². The minimum Gasteiger partial charge on any atom is -0.497 e. The van der Waals surface area contributed by atoms with Crippen LogP contribution in [-0.2, 0) is 6.54 Å². The van der Waals surface area contributed by atoms with Gasteiger partial charge in [0.05, 0.1) is 12.1 Å². The molecule has 132 valence electrons. The van der Waals surface area contributed by atoms with Crippen LogP contribution < -0.4 is 9.64 Å². The molecule has 2 fully saturated rings. The summed E-state index contributed by atoms with van der Waals surface area (Å²) in [4.78, 5) is 9.54. The number of benzene rings is 1. The summed E-state index contributed by atoms with van der Waals surface area (Å²) in [6.07, 6.45) is 4.28. The zero-order valence-corrected chi connectivity index (χ0v) is 15.3. The van der Waals surface area contributed by atoms with Crippen molar-refractivity contribution in [2.75, 3.05) is 31.6 Å². The molecule has 2 aliphatic rings. The van der Waals surface area contributed by atoms with Crippen molar-refractivity contribution < 1.29 is 4.74 Å². The molecule has 4 nitrogen and oxygen atoms in total. The molecule has 4 rings (SSSR count). The number of rotatable bonds is 4. The van der Waals surface area contributed by atoms with Crippen LogP contribution in [0.5, 0.6) is 5.75 Å². The average molecular weight is 358 g/mol. The number of aromatic nitrogens is 1. The summed E-state index contributed by atoms with van der Waals surface area (Å²) < 4.78 is 5.36. The zero-order chi connectivity index (χ0) is 17.2. The van der Waals surface area contributed by atoms with Gasteiger partial charge in [0.25, 0.3) is 0 Å². The third-order valence-electron chi connectivity index (χ3n) is 5.53. The van der Waals surface area contributed by atoms with Gasteiger partial charge in [0, 0.05) is 31.9 Å². The van der Waals surface area contributed by atoms with Crippen molar-refractivity contribution in [3.63, 3.8) is 0 Å². The minimum absolute atomic E-state index is 0.595. The molecule has 25 heavy (non-hydrogen) atoms. The Labute approximate surface area is 154 Å². The second-order valence-corrected chi connectivity index (χ2v) is 7.44. The van der Waals surface area contributed by atoms with Crippen molar-refractivity contribution in [2.45, 2.75) is 25.4 Å². The maximum absolute atomic E-state index is 5.98. The van der Waals surface area contributed by atoms with Crippen LogP contribution in [0.4, 0.5) is 5.82 Å². The van der Waals surface area contributed by atoms with Gasteiger partial charge >= 0.3 is 0 Å². The SMILES string of the molecule is COc1cccc(CN2CCC3CCN(c4ccc(Cl)cn4)CC32)c1. The van der Waals surface area contributed by atoms with Gasteiger partial charge in [0.2, 0.25) is 0 Å². The Morgan fingerprint density at radius 3 is 2.88 bits per heavy atom. The first-order valence-electron chi connectivity index (χ1n) is 8.96. The molecule has 2 saturated heterocycles. The van der Waals surface area contributed by atoms with Gasteiger partial charge in [-0.2, -0.15) is 0 Å². The number of pyridine rings is 1. The Morgan fingerprint density at radius 1 is 1.20 bits per heavy atom. The summed E-state index contributed by atoms with van der Waals surface area (Å²) in [6.45, 7) is 4.29. The number of fused-ring (bicyclic) bond motifs is 1. The molecule has 2 atom stereocenters. The van der Waals surface area contributed by atoms with Crippen molar-refractivity contribution in [3.05, 3.63) is 53.2 Å². The standard InChI is InChI=1S/C20H24ClN3O/c1-25-18-4-2-3-15(11-18)13-23-9-7-16-8-10-24(14-19(16)23)20-6-5-17(21)12-22-20/h2-6,11-12,16,19H,7-10,13-14H2,1H3. The highest BCUT2D eigenvalue weighted by molar-refractivity contribution is 6.30. The molecule has 1 aromatic carbocycles. The number of methoxy groups -OCH3 is 1. The van der Waals surface area contributed by atoms with Crippen molar-refractivity contribution >= 4 is 17.4 Å². The number of nitrogens with zero attached hydrogens (tertiary/aromatic N) is 3. The molecule has 0 saturated carbocycles. The Kier molecular flexibility index (Phi) is 4.82. The lowest BCUT2D eigenvalue weighted by Crippen LogP contribution is -2.48. The van der Waals surface area contributed by atoms with E-state index < -0.39 is 0 Å². The first-order chi connectivity index (χ1) is 12.2. The first-order valence-corrected chi connectivity index (χ1v) is 9.34. The van der Waals surface area contributed by atoms with Gasteiger partial charge < -0.3 is 9.64 Å². The molecule has 0 N–H and O–H groups in total. The molecular weight excluding hydrogens is 334 g/mol. The fraction of sp³-hybridized carbons (Fsp3) is 0.450. The number of piperidine rings is 1. The van der Waals surface area contributed by atoms with E-state index in [2.05, 4.69) is 33.0 Å². The summed E-state index contributed by atoms with van der Waals surface area (Å²) in [7, 11) is 1.73. The number of hydrogen-bond donors (Lipinski definition) is 0. The van der Waals surface area contributed by atoms with E-state index in [-0.39, 0.29) is 0 Å². The van der Waals surface area contributed by atoms with E-state index in [1.54, 1.807) is 13.3 Å². The molecule has 0 aliphatic carbocycles. The number of anilines is 1. The molecule has 1 aromatic heterocycles. The van der Waals surface area contributed by atoms with Gasteiger partial charge in [0.15, 0.2) is 0 Å². The number of hydrogen-bond acceptors (Lipinski definition) is 4. The van der Waals surface area contributed by atoms with Gasteiger partial charge in [-0.1, -0.05) is 23.7 Å². The predicted molar refractivity (Wildman–Crippen MR) is 101 cm³/mol. The van der Waals surface area contributed by atoms with Crippen LogP contribution >= 0.6 is 11.6 Å². The van der Waals surface area contributed by atoms with E-state index in [1.807, 2.05) is 18.2 Å². The van der Waals surface area contributed by atoms with Crippen LogP contribution in [0.25, 0.3) is 0 Å². The molecule has 2 unspecified atom stereocenters. The van der Waals surface area contributed by atoms with Crippen molar-refractivity contribution in [1.29, 1.82) is 0 Å². The monoisotopic (exact) mass is 357 g/mol. The zero-order valence-electron chi connectivity index (χ0n) is 14.6. The van der Waals surface area contributed by atoms with Gasteiger partial charge in [-0.25, -0.2) is 4.98 Å². The highest BCUT2D eigenvalue weighted by atomic mass is 35.5. The fourth-order valence-electron chi connectivity index (χ4n) is 4.19. The van der Waals surface area contributed by atoms with Gasteiger partial charge in [0.1, 0.15) is 11.6 Å². The van der Waals surface area contributed by atoms with E-state index in [0.29, 0.717) is 11.1 Å². The maximum atomic E-state index is 5.98. The van der Waals surface area contributed by atoms with Crippen LogP contribution in [0.1, 0.15) is 18.4 Å². The number of ether oxygens (including phenoxy) is 1. The normalized spacial score (nSPS) is 23.5. The largest absolute Gasteiger partial charge is 0.497 e. The van der Waals surface area contributed by atoms with Crippen molar-refractivity contribution in [1.82, 2.24) is 9.88 Å². The van der Waals surface area contributed by atoms with Gasteiger partial charge in [-0.15, -0.1) is 0 Å². The third kappa shape index (κ3) is 3.60. The van der Waals surface area contributed by atoms with E-state index in [4.69, 9.17) is 16.3 Å². The predicted octanol–water partition coefficient (Wildman–Crippen LogP) is 3.84. The molecule has 0 spiro atoms. The second-order valence-electron chi connectivity index (χ2n) is 7.01. The average Bonchev–Trinajstić information content (AvgIpc) is 3.04. The van der Waals surface area contributed by atoms with Crippen molar-refractivity contribution in [3.8, 4) is 5.75 Å². The van der Waals surface area contributed by atoms with Crippen molar-refractivity contribution in [2.24, 2.45) is 5.92 Å². The van der Waals surface area contributed by atoms with Crippen LogP contribution in [0.2, 0.25) is 5.02 Å². The highest BCUT2D eigenvalue weighted by Crippen LogP contribution is 2.34. The van der Waals surface area contributed by atoms with Crippen LogP contribution in [0.15, 0.2) is 42.6 Å². The Bertz CT molecular complexity index is 721. The molecular formula is C20H24ClN3O. The van der Waals surface area contributed by atoms with E-state index in [1.165, 1.54) is 24.9 Å². The summed E-state index contributed by atoms with van der Waals surface area (Å²) in [5, 5.41) is 0.694. The summed E-state index contributed by atoms with van der Waals surface area (Å²) in [5.41, 5.74) is 1.32. The fourth-order valence-corrected chi connectivity index (χ4v) is 4.30. The van der Waals surface area contributed by atoms with E-state index >= 15 is 0 Å². The molecule has 0 bridgehead atoms. The maximum Gasteiger partial charge on any atom is 0.128 e. The number of likely N-dealkylation sites (tertiary alicyclic amines) is 1. The number of halogens is 1. The molecule has 5 heteroatoms. The Balaban J connectivity index is 1.47. The lowest BCUT2D eigenvalue weighted by atomic mass is 9.92. The summed E-state index contributed by atoms with van der Waals surface area (Å²) in [5.74, 6) is 2.77. The third-order valence-corrected chi connectivity index (χ3v) is 5.76. The smallest absolute Gasteiger partial charge is 0.128 e. The Hall–Kier alpha value is -1.78. The quantitative estimate of drug-likeness (QED) is 0.831.